The molecule has 0 saturated carbocycles. The van der Waals surface area contributed by atoms with Crippen LogP contribution >= 0.6 is 0 Å². The van der Waals surface area contributed by atoms with Gasteiger partial charge >= 0.3 is 0 Å². The molecule has 0 radical (unpaired) electrons. The van der Waals surface area contributed by atoms with Crippen molar-refractivity contribution in [1.29, 1.82) is 0 Å². The Labute approximate surface area is 111 Å². The number of amides is 1. The Morgan fingerprint density at radius 2 is 2.00 bits per heavy atom. The molecule has 100 valence electrons. The summed E-state index contributed by atoms with van der Waals surface area (Å²) in [6.07, 6.45) is 3.37. The van der Waals surface area contributed by atoms with E-state index in [0.717, 1.165) is 24.1 Å². The third-order valence-electron chi connectivity index (χ3n) is 2.92. The molecule has 0 spiro atoms. The fraction of sp³-hybridized carbons (Fsp3) is 0.500. The van der Waals surface area contributed by atoms with Crippen molar-refractivity contribution in [2.24, 2.45) is 5.92 Å². The Balaban J connectivity index is 2.72. The molecule has 0 aliphatic carbocycles. The van der Waals surface area contributed by atoms with Crippen molar-refractivity contribution in [3.05, 3.63) is 29.8 Å². The highest BCUT2D eigenvalue weighted by atomic mass is 32.2. The number of carbonyl (C=O) groups is 1. The fourth-order valence-electron chi connectivity index (χ4n) is 1.88. The van der Waals surface area contributed by atoms with Gasteiger partial charge < -0.3 is 5.32 Å². The van der Waals surface area contributed by atoms with E-state index >= 15 is 0 Å². The topological polar surface area (TPSA) is 46.2 Å². The smallest absolute Gasteiger partial charge is 0.227 e. The van der Waals surface area contributed by atoms with Crippen molar-refractivity contribution in [2.75, 3.05) is 11.6 Å². The third kappa shape index (κ3) is 4.61. The number of hydrogen-bond donors (Lipinski definition) is 1. The summed E-state index contributed by atoms with van der Waals surface area (Å²) in [4.78, 5) is 11.9. The van der Waals surface area contributed by atoms with Crippen LogP contribution in [0.1, 0.15) is 32.3 Å². The SMILES string of the molecule is CCC(CC)C(=O)Nc1cccc(CS(C)=O)c1. The van der Waals surface area contributed by atoms with Crippen LogP contribution in [0.25, 0.3) is 0 Å². The molecule has 18 heavy (non-hydrogen) atoms. The Kier molecular flexibility index (Phi) is 6.05. The molecule has 0 fully saturated rings. The molecule has 1 rings (SSSR count). The van der Waals surface area contributed by atoms with Crippen molar-refractivity contribution in [3.8, 4) is 0 Å². The second-order valence-corrected chi connectivity index (χ2v) is 5.86. The normalized spacial score (nSPS) is 12.4. The van der Waals surface area contributed by atoms with Gasteiger partial charge in [0.25, 0.3) is 0 Å². The van der Waals surface area contributed by atoms with Gasteiger partial charge in [0.1, 0.15) is 0 Å². The van der Waals surface area contributed by atoms with Crippen LogP contribution in [0.3, 0.4) is 0 Å². The van der Waals surface area contributed by atoms with Crippen molar-refractivity contribution < 1.29 is 9.00 Å². The van der Waals surface area contributed by atoms with Gasteiger partial charge in [0.15, 0.2) is 0 Å². The predicted octanol–water partition coefficient (Wildman–Crippen LogP) is 2.94. The van der Waals surface area contributed by atoms with Crippen molar-refractivity contribution >= 4 is 22.4 Å². The lowest BCUT2D eigenvalue weighted by Crippen LogP contribution is -2.21. The van der Waals surface area contributed by atoms with E-state index in [2.05, 4.69) is 5.32 Å². The third-order valence-corrected chi connectivity index (χ3v) is 3.66. The van der Waals surface area contributed by atoms with Gasteiger partial charge in [-0.25, -0.2) is 0 Å². The summed E-state index contributed by atoms with van der Waals surface area (Å²) < 4.78 is 11.2. The maximum atomic E-state index is 11.9. The zero-order valence-electron chi connectivity index (χ0n) is 11.2. The zero-order valence-corrected chi connectivity index (χ0v) is 12.0. The number of anilines is 1. The molecule has 1 amide bonds. The fourth-order valence-corrected chi connectivity index (χ4v) is 2.53. The van der Waals surface area contributed by atoms with Crippen molar-refractivity contribution in [2.45, 2.75) is 32.4 Å². The highest BCUT2D eigenvalue weighted by Gasteiger charge is 2.14. The maximum Gasteiger partial charge on any atom is 0.227 e. The Morgan fingerprint density at radius 3 is 2.56 bits per heavy atom. The predicted molar refractivity (Wildman–Crippen MR) is 76.9 cm³/mol. The number of nitrogens with one attached hydrogen (secondary N) is 1. The van der Waals surface area contributed by atoms with E-state index in [9.17, 15) is 9.00 Å². The first kappa shape index (κ1) is 14.9. The van der Waals surface area contributed by atoms with Crippen molar-refractivity contribution in [1.82, 2.24) is 0 Å². The molecule has 0 saturated heterocycles. The minimum atomic E-state index is -0.862. The molecule has 0 aliphatic rings. The second-order valence-electron chi connectivity index (χ2n) is 4.42. The van der Waals surface area contributed by atoms with Crippen LogP contribution in [-0.2, 0) is 21.3 Å². The van der Waals surface area contributed by atoms with Crippen molar-refractivity contribution in [3.63, 3.8) is 0 Å². The van der Waals surface area contributed by atoms with E-state index in [0.29, 0.717) is 5.75 Å². The molecule has 0 heterocycles. The van der Waals surface area contributed by atoms with Crippen LogP contribution in [0.4, 0.5) is 5.69 Å². The molecule has 3 nitrogen and oxygen atoms in total. The first-order valence-corrected chi connectivity index (χ1v) is 7.99. The molecular formula is C14H21NO2S. The number of hydrogen-bond acceptors (Lipinski definition) is 2. The summed E-state index contributed by atoms with van der Waals surface area (Å²) in [6, 6.07) is 7.56. The van der Waals surface area contributed by atoms with Gasteiger partial charge in [-0.15, -0.1) is 0 Å². The number of rotatable bonds is 6. The minimum absolute atomic E-state index is 0.0639. The molecule has 0 aromatic heterocycles. The van der Waals surface area contributed by atoms with Crippen LogP contribution in [0.5, 0.6) is 0 Å². The highest BCUT2D eigenvalue weighted by Crippen LogP contribution is 2.15. The quantitative estimate of drug-likeness (QED) is 0.861. The zero-order chi connectivity index (χ0) is 13.5. The highest BCUT2D eigenvalue weighted by molar-refractivity contribution is 7.83. The monoisotopic (exact) mass is 267 g/mol. The maximum absolute atomic E-state index is 11.9. The van der Waals surface area contributed by atoms with E-state index in [4.69, 9.17) is 0 Å². The Bertz CT molecular complexity index is 428. The molecule has 1 unspecified atom stereocenters. The van der Waals surface area contributed by atoms with E-state index in [-0.39, 0.29) is 11.8 Å². The standard InChI is InChI=1S/C14H21NO2S/c1-4-12(5-2)14(16)15-13-8-6-7-11(9-13)10-18(3)17/h6-9,12H,4-5,10H2,1-3H3,(H,15,16). The number of carbonyl (C=O) groups excluding carboxylic acids is 1. The van der Waals surface area contributed by atoms with Gasteiger partial charge in [-0.1, -0.05) is 26.0 Å². The van der Waals surface area contributed by atoms with E-state index < -0.39 is 10.8 Å². The summed E-state index contributed by atoms with van der Waals surface area (Å²) in [5, 5.41) is 2.92. The van der Waals surface area contributed by atoms with Crippen LogP contribution in [0.2, 0.25) is 0 Å². The first-order valence-electron chi connectivity index (χ1n) is 6.26. The summed E-state index contributed by atoms with van der Waals surface area (Å²) >= 11 is 0. The Morgan fingerprint density at radius 1 is 1.33 bits per heavy atom. The van der Waals surface area contributed by atoms with Gasteiger partial charge in [-0.05, 0) is 30.5 Å². The summed E-state index contributed by atoms with van der Waals surface area (Å²) in [5.74, 6) is 0.651. The summed E-state index contributed by atoms with van der Waals surface area (Å²) in [6.45, 7) is 4.04. The molecular weight excluding hydrogens is 246 g/mol. The lowest BCUT2D eigenvalue weighted by Gasteiger charge is -2.13. The van der Waals surface area contributed by atoms with Gasteiger partial charge in [0.2, 0.25) is 5.91 Å². The lowest BCUT2D eigenvalue weighted by atomic mass is 10.0. The van der Waals surface area contributed by atoms with Gasteiger partial charge in [0, 0.05) is 34.4 Å². The molecule has 0 aliphatic heterocycles. The average molecular weight is 267 g/mol. The molecule has 1 N–H and O–H groups in total. The van der Waals surface area contributed by atoms with Gasteiger partial charge in [-0.2, -0.15) is 0 Å². The molecule has 1 atom stereocenters. The van der Waals surface area contributed by atoms with Crippen LogP contribution in [0.15, 0.2) is 24.3 Å². The summed E-state index contributed by atoms with van der Waals surface area (Å²) in [7, 11) is -0.862. The average Bonchev–Trinajstić information content (AvgIpc) is 2.30. The molecule has 1 aromatic rings. The summed E-state index contributed by atoms with van der Waals surface area (Å²) in [5.41, 5.74) is 1.77. The van der Waals surface area contributed by atoms with E-state index in [1.807, 2.05) is 38.1 Å². The Hall–Kier alpha value is -1.16. The lowest BCUT2D eigenvalue weighted by molar-refractivity contribution is -0.120. The minimum Gasteiger partial charge on any atom is -0.326 e. The van der Waals surface area contributed by atoms with Crippen LogP contribution < -0.4 is 5.32 Å². The van der Waals surface area contributed by atoms with Crippen LogP contribution in [-0.4, -0.2) is 16.4 Å². The van der Waals surface area contributed by atoms with E-state index in [1.165, 1.54) is 0 Å². The molecule has 1 aromatic carbocycles. The van der Waals surface area contributed by atoms with Crippen LogP contribution in [0, 0.1) is 5.92 Å². The van der Waals surface area contributed by atoms with E-state index in [1.54, 1.807) is 6.26 Å². The molecule has 0 bridgehead atoms. The van der Waals surface area contributed by atoms with Gasteiger partial charge in [-0.3, -0.25) is 9.00 Å². The number of benzene rings is 1. The second kappa shape index (κ2) is 7.31. The largest absolute Gasteiger partial charge is 0.326 e. The first-order chi connectivity index (χ1) is 8.56. The van der Waals surface area contributed by atoms with Gasteiger partial charge in [0.05, 0.1) is 0 Å². The molecule has 4 heteroatoms.